The zero-order chi connectivity index (χ0) is 20.1. The standard InChI is InChI=1S/C20H17FN4O3/c1-27-17-11-12(3-6-14(17)21)4-7-15-18-16(25-24-15)8-5-13(19(18)28-2)20(26)23-10-9-22/h3-8,11H,10H2,1-2H3,(H,23,26)(H,24,25)/b7-4+. The summed E-state index contributed by atoms with van der Waals surface area (Å²) in [4.78, 5) is 12.3. The lowest BCUT2D eigenvalue weighted by molar-refractivity contribution is 0.0955. The monoisotopic (exact) mass is 380 g/mol. The number of aromatic amines is 1. The molecule has 0 unspecified atom stereocenters. The van der Waals surface area contributed by atoms with Crippen LogP contribution >= 0.6 is 0 Å². The van der Waals surface area contributed by atoms with Gasteiger partial charge in [-0.15, -0.1) is 0 Å². The molecule has 0 aliphatic heterocycles. The van der Waals surface area contributed by atoms with Crippen LogP contribution in [0.5, 0.6) is 11.5 Å². The summed E-state index contributed by atoms with van der Waals surface area (Å²) in [7, 11) is 2.86. The average Bonchev–Trinajstić information content (AvgIpc) is 3.13. The van der Waals surface area contributed by atoms with Gasteiger partial charge in [0.05, 0.1) is 42.4 Å². The Bertz CT molecular complexity index is 1100. The Morgan fingerprint density at radius 2 is 2.11 bits per heavy atom. The summed E-state index contributed by atoms with van der Waals surface area (Å²) in [5.74, 6) is -0.371. The van der Waals surface area contributed by atoms with Gasteiger partial charge in [0.1, 0.15) is 12.3 Å². The summed E-state index contributed by atoms with van der Waals surface area (Å²) >= 11 is 0. The van der Waals surface area contributed by atoms with Crippen LogP contribution in [0.4, 0.5) is 4.39 Å². The van der Waals surface area contributed by atoms with E-state index in [0.717, 1.165) is 5.56 Å². The van der Waals surface area contributed by atoms with Crippen molar-refractivity contribution in [2.45, 2.75) is 0 Å². The number of fused-ring (bicyclic) bond motifs is 1. The van der Waals surface area contributed by atoms with Crippen LogP contribution in [-0.2, 0) is 0 Å². The molecule has 1 aromatic heterocycles. The molecule has 7 nitrogen and oxygen atoms in total. The third-order valence-electron chi connectivity index (χ3n) is 4.10. The quantitative estimate of drug-likeness (QED) is 0.640. The summed E-state index contributed by atoms with van der Waals surface area (Å²) in [6.07, 6.45) is 3.51. The summed E-state index contributed by atoms with van der Waals surface area (Å²) in [5.41, 5.74) is 2.25. The molecular weight excluding hydrogens is 363 g/mol. The van der Waals surface area contributed by atoms with Gasteiger partial charge in [-0.05, 0) is 35.9 Å². The van der Waals surface area contributed by atoms with Crippen LogP contribution in [0.25, 0.3) is 23.1 Å². The maximum Gasteiger partial charge on any atom is 0.255 e. The predicted octanol–water partition coefficient (Wildman–Crippen LogP) is 3.14. The molecule has 0 spiro atoms. The van der Waals surface area contributed by atoms with E-state index >= 15 is 0 Å². The van der Waals surface area contributed by atoms with Crippen molar-refractivity contribution in [3.05, 3.63) is 53.0 Å². The van der Waals surface area contributed by atoms with Crippen LogP contribution in [0.1, 0.15) is 21.6 Å². The molecule has 0 radical (unpaired) electrons. The van der Waals surface area contributed by atoms with Gasteiger partial charge in [0.25, 0.3) is 5.91 Å². The minimum atomic E-state index is -0.443. The molecule has 8 heteroatoms. The van der Waals surface area contributed by atoms with Gasteiger partial charge in [0.2, 0.25) is 0 Å². The highest BCUT2D eigenvalue weighted by Crippen LogP contribution is 2.32. The van der Waals surface area contributed by atoms with Gasteiger partial charge in [0.15, 0.2) is 11.6 Å². The van der Waals surface area contributed by atoms with Crippen molar-refractivity contribution in [1.82, 2.24) is 15.5 Å². The number of benzene rings is 2. The van der Waals surface area contributed by atoms with Crippen LogP contribution in [0, 0.1) is 17.1 Å². The van der Waals surface area contributed by atoms with E-state index < -0.39 is 11.7 Å². The second kappa shape index (κ2) is 8.22. The molecule has 0 aliphatic rings. The lowest BCUT2D eigenvalue weighted by atomic mass is 10.1. The van der Waals surface area contributed by atoms with E-state index in [-0.39, 0.29) is 12.3 Å². The molecule has 2 N–H and O–H groups in total. The molecule has 0 atom stereocenters. The number of hydrogen-bond donors (Lipinski definition) is 2. The number of methoxy groups -OCH3 is 2. The number of halogens is 1. The van der Waals surface area contributed by atoms with Crippen molar-refractivity contribution >= 4 is 29.0 Å². The molecular formula is C20H17FN4O3. The molecule has 0 saturated carbocycles. The van der Waals surface area contributed by atoms with Crippen molar-refractivity contribution < 1.29 is 18.7 Å². The topological polar surface area (TPSA) is 100 Å². The fourth-order valence-electron chi connectivity index (χ4n) is 2.79. The first kappa shape index (κ1) is 18.9. The number of nitriles is 1. The van der Waals surface area contributed by atoms with Gasteiger partial charge in [-0.2, -0.15) is 10.4 Å². The maximum absolute atomic E-state index is 13.6. The normalized spacial score (nSPS) is 10.8. The largest absolute Gasteiger partial charge is 0.495 e. The lowest BCUT2D eigenvalue weighted by Gasteiger charge is -2.09. The highest BCUT2D eigenvalue weighted by Gasteiger charge is 2.18. The van der Waals surface area contributed by atoms with Crippen LogP contribution in [0.15, 0.2) is 30.3 Å². The number of carbonyl (C=O) groups is 1. The van der Waals surface area contributed by atoms with E-state index in [9.17, 15) is 9.18 Å². The van der Waals surface area contributed by atoms with E-state index in [1.807, 2.05) is 6.07 Å². The number of carbonyl (C=O) groups excluding carboxylic acids is 1. The Hall–Kier alpha value is -3.86. The van der Waals surface area contributed by atoms with Crippen LogP contribution in [-0.4, -0.2) is 36.9 Å². The third kappa shape index (κ3) is 3.64. The van der Waals surface area contributed by atoms with Gasteiger partial charge >= 0.3 is 0 Å². The highest BCUT2D eigenvalue weighted by atomic mass is 19.1. The van der Waals surface area contributed by atoms with Crippen molar-refractivity contribution in [2.75, 3.05) is 20.8 Å². The summed E-state index contributed by atoms with van der Waals surface area (Å²) in [5, 5.41) is 18.9. The van der Waals surface area contributed by atoms with Gasteiger partial charge < -0.3 is 14.8 Å². The fraction of sp³-hybridized carbons (Fsp3) is 0.150. The second-order valence-electron chi connectivity index (χ2n) is 5.75. The fourth-order valence-corrected chi connectivity index (χ4v) is 2.79. The molecule has 0 fully saturated rings. The molecule has 1 heterocycles. The predicted molar refractivity (Wildman–Crippen MR) is 102 cm³/mol. The first-order valence-corrected chi connectivity index (χ1v) is 8.31. The zero-order valence-electron chi connectivity index (χ0n) is 15.2. The molecule has 2 aromatic carbocycles. The van der Waals surface area contributed by atoms with Crippen molar-refractivity contribution in [3.8, 4) is 17.6 Å². The smallest absolute Gasteiger partial charge is 0.255 e. The number of rotatable bonds is 6. The van der Waals surface area contributed by atoms with Crippen molar-refractivity contribution in [1.29, 1.82) is 5.26 Å². The van der Waals surface area contributed by atoms with Gasteiger partial charge in [0, 0.05) is 0 Å². The Balaban J connectivity index is 2.02. The van der Waals surface area contributed by atoms with Gasteiger partial charge in [-0.3, -0.25) is 9.89 Å². The minimum absolute atomic E-state index is 0.107. The Kier molecular flexibility index (Phi) is 5.56. The maximum atomic E-state index is 13.6. The van der Waals surface area contributed by atoms with Gasteiger partial charge in [-0.25, -0.2) is 4.39 Å². The summed E-state index contributed by atoms with van der Waals surface area (Å²) in [6.45, 7) is -0.107. The SMILES string of the molecule is COc1cc(/C=C/c2[nH]nc3ccc(C(=O)NCC#N)c(OC)c23)ccc1F. The van der Waals surface area contributed by atoms with Crippen LogP contribution in [0.2, 0.25) is 0 Å². The van der Waals surface area contributed by atoms with Crippen molar-refractivity contribution in [2.24, 2.45) is 0 Å². The van der Waals surface area contributed by atoms with E-state index in [0.29, 0.717) is 27.9 Å². The minimum Gasteiger partial charge on any atom is -0.495 e. The first-order valence-electron chi connectivity index (χ1n) is 8.31. The number of aromatic nitrogens is 2. The number of nitrogens with zero attached hydrogens (tertiary/aromatic N) is 2. The summed E-state index contributed by atoms with van der Waals surface area (Å²) < 4.78 is 24.0. The molecule has 1 amide bonds. The Labute approximate surface area is 160 Å². The molecule has 3 aromatic rings. The molecule has 0 saturated heterocycles. The third-order valence-corrected chi connectivity index (χ3v) is 4.10. The Morgan fingerprint density at radius 1 is 1.29 bits per heavy atom. The zero-order valence-corrected chi connectivity index (χ0v) is 15.2. The number of H-pyrrole nitrogens is 1. The van der Waals surface area contributed by atoms with E-state index in [1.54, 1.807) is 36.4 Å². The molecule has 0 aliphatic carbocycles. The highest BCUT2D eigenvalue weighted by molar-refractivity contribution is 6.05. The average molecular weight is 380 g/mol. The van der Waals surface area contributed by atoms with Gasteiger partial charge in [-0.1, -0.05) is 12.1 Å². The van der Waals surface area contributed by atoms with E-state index in [1.165, 1.54) is 20.3 Å². The molecule has 28 heavy (non-hydrogen) atoms. The van der Waals surface area contributed by atoms with E-state index in [2.05, 4.69) is 15.5 Å². The number of nitrogens with one attached hydrogen (secondary N) is 2. The van der Waals surface area contributed by atoms with E-state index in [4.69, 9.17) is 14.7 Å². The molecule has 142 valence electrons. The molecule has 3 rings (SSSR count). The summed E-state index contributed by atoms with van der Waals surface area (Å²) in [6, 6.07) is 9.65. The van der Waals surface area contributed by atoms with Crippen molar-refractivity contribution in [3.63, 3.8) is 0 Å². The number of ether oxygens (including phenoxy) is 2. The lowest BCUT2D eigenvalue weighted by Crippen LogP contribution is -2.24. The van der Waals surface area contributed by atoms with Crippen LogP contribution < -0.4 is 14.8 Å². The second-order valence-corrected chi connectivity index (χ2v) is 5.75. The number of amides is 1. The first-order chi connectivity index (χ1) is 13.6. The number of hydrogen-bond acceptors (Lipinski definition) is 5. The Morgan fingerprint density at radius 3 is 2.82 bits per heavy atom. The van der Waals surface area contributed by atoms with Crippen LogP contribution in [0.3, 0.4) is 0 Å². The molecule has 0 bridgehead atoms.